The molecule has 0 fully saturated rings. The monoisotopic (exact) mass is 197 g/mol. The summed E-state index contributed by atoms with van der Waals surface area (Å²) in [5, 5.41) is 7.74. The van der Waals surface area contributed by atoms with Crippen molar-refractivity contribution in [3.05, 3.63) is 11.4 Å². The van der Waals surface area contributed by atoms with Gasteiger partial charge in [0.05, 0.1) is 12.8 Å². The molecule has 0 amide bonds. The van der Waals surface area contributed by atoms with Crippen molar-refractivity contribution in [3.8, 4) is 0 Å². The molecule has 0 spiro atoms. The predicted molar refractivity (Wildman–Crippen MR) is 46.7 cm³/mol. The molecule has 0 aromatic carbocycles. The van der Waals surface area contributed by atoms with Crippen LogP contribution in [0.25, 0.3) is 0 Å². The van der Waals surface area contributed by atoms with E-state index in [1.165, 1.54) is 11.9 Å². The lowest BCUT2D eigenvalue weighted by Gasteiger charge is -1.95. The second kappa shape index (κ2) is 3.99. The average Bonchev–Trinajstić information content (AvgIpc) is 2.45. The number of hydrogen-bond acceptors (Lipinski definition) is 5. The van der Waals surface area contributed by atoms with E-state index in [1.54, 1.807) is 14.0 Å². The molecular weight excluding hydrogens is 186 g/mol. The fourth-order valence-electron chi connectivity index (χ4n) is 1.05. The van der Waals surface area contributed by atoms with E-state index in [2.05, 4.69) is 14.9 Å². The number of nitrogens with zero attached hydrogens (tertiary/aromatic N) is 3. The Morgan fingerprint density at radius 3 is 2.50 bits per heavy atom. The fraction of sp³-hybridized carbons (Fsp3) is 0.500. The number of esters is 1. The Balaban J connectivity index is 2.79. The van der Waals surface area contributed by atoms with Crippen molar-refractivity contribution in [2.24, 2.45) is 7.05 Å². The van der Waals surface area contributed by atoms with Crippen molar-refractivity contribution in [1.29, 1.82) is 0 Å². The first kappa shape index (κ1) is 10.4. The summed E-state index contributed by atoms with van der Waals surface area (Å²) < 4.78 is 4.37. The van der Waals surface area contributed by atoms with E-state index >= 15 is 0 Å². The van der Waals surface area contributed by atoms with Gasteiger partial charge < -0.3 is 4.74 Å². The smallest absolute Gasteiger partial charge is 0.313 e. The van der Waals surface area contributed by atoms with Crippen molar-refractivity contribution in [1.82, 2.24) is 15.0 Å². The topological polar surface area (TPSA) is 74.1 Å². The first-order valence-electron chi connectivity index (χ1n) is 4.02. The zero-order valence-corrected chi connectivity index (χ0v) is 8.27. The van der Waals surface area contributed by atoms with Crippen molar-refractivity contribution in [2.75, 3.05) is 7.11 Å². The lowest BCUT2D eigenvalue weighted by atomic mass is 10.2. The molecular formula is C8H11N3O3. The van der Waals surface area contributed by atoms with Crippen LogP contribution in [0.4, 0.5) is 0 Å². The van der Waals surface area contributed by atoms with Crippen molar-refractivity contribution in [3.63, 3.8) is 0 Å². The van der Waals surface area contributed by atoms with Crippen LogP contribution in [0.2, 0.25) is 0 Å². The summed E-state index contributed by atoms with van der Waals surface area (Å²) in [4.78, 5) is 23.5. The highest BCUT2D eigenvalue weighted by atomic mass is 16.5. The predicted octanol–water partition coefficient (Wildman–Crippen LogP) is -0.131. The van der Waals surface area contributed by atoms with E-state index in [1.807, 2.05) is 0 Å². The SMILES string of the molecule is COC(=O)CC(=O)c1nn(C)nc1C. The standard InChI is InChI=1S/C8H11N3O3/c1-5-8(10-11(2)9-5)6(12)4-7(13)14-3/h4H2,1-3H3. The quantitative estimate of drug-likeness (QED) is 0.383. The Kier molecular flexibility index (Phi) is 2.95. The Morgan fingerprint density at radius 2 is 2.07 bits per heavy atom. The number of ether oxygens (including phenoxy) is 1. The van der Waals surface area contributed by atoms with Crippen LogP contribution in [0.5, 0.6) is 0 Å². The van der Waals surface area contributed by atoms with Gasteiger partial charge in [0.1, 0.15) is 6.42 Å². The summed E-state index contributed by atoms with van der Waals surface area (Å²) in [5.74, 6) is -0.942. The molecule has 0 saturated carbocycles. The molecule has 14 heavy (non-hydrogen) atoms. The molecule has 1 aromatic heterocycles. The Bertz CT molecular complexity index is 370. The van der Waals surface area contributed by atoms with Gasteiger partial charge >= 0.3 is 5.97 Å². The Hall–Kier alpha value is -1.72. The molecule has 0 radical (unpaired) electrons. The first-order chi connectivity index (χ1) is 6.54. The van der Waals surface area contributed by atoms with Crippen molar-refractivity contribution >= 4 is 11.8 Å². The third-order valence-electron chi connectivity index (χ3n) is 1.68. The van der Waals surface area contributed by atoms with Gasteiger partial charge in [0, 0.05) is 7.05 Å². The third kappa shape index (κ3) is 2.15. The molecule has 0 aliphatic carbocycles. The summed E-state index contributed by atoms with van der Waals surface area (Å²) in [5.41, 5.74) is 0.735. The molecule has 1 aromatic rings. The van der Waals surface area contributed by atoms with E-state index in [0.29, 0.717) is 5.69 Å². The number of rotatable bonds is 3. The molecule has 6 nitrogen and oxygen atoms in total. The number of hydrogen-bond donors (Lipinski definition) is 0. The normalized spacial score (nSPS) is 9.93. The number of methoxy groups -OCH3 is 1. The molecule has 0 aliphatic heterocycles. The number of carbonyl (C=O) groups is 2. The molecule has 0 saturated heterocycles. The van der Waals surface area contributed by atoms with Crippen LogP contribution < -0.4 is 0 Å². The minimum Gasteiger partial charge on any atom is -0.469 e. The fourth-order valence-corrected chi connectivity index (χ4v) is 1.05. The Morgan fingerprint density at radius 1 is 1.43 bits per heavy atom. The summed E-state index contributed by atoms with van der Waals surface area (Å²) in [6.45, 7) is 1.66. The highest BCUT2D eigenvalue weighted by Crippen LogP contribution is 2.04. The molecule has 0 atom stereocenters. The van der Waals surface area contributed by atoms with Gasteiger partial charge in [0.25, 0.3) is 0 Å². The van der Waals surface area contributed by atoms with Gasteiger partial charge in [-0.1, -0.05) is 0 Å². The summed E-state index contributed by atoms with van der Waals surface area (Å²) in [6, 6.07) is 0. The largest absolute Gasteiger partial charge is 0.469 e. The third-order valence-corrected chi connectivity index (χ3v) is 1.68. The second-order valence-electron chi connectivity index (χ2n) is 2.80. The van der Waals surface area contributed by atoms with E-state index in [9.17, 15) is 9.59 Å². The summed E-state index contributed by atoms with van der Waals surface area (Å²) in [6.07, 6.45) is -0.296. The van der Waals surface area contributed by atoms with Gasteiger partial charge in [-0.2, -0.15) is 15.0 Å². The van der Waals surface area contributed by atoms with Crippen LogP contribution in [-0.2, 0) is 16.6 Å². The van der Waals surface area contributed by atoms with Gasteiger partial charge in [-0.15, -0.1) is 0 Å². The molecule has 0 bridgehead atoms. The summed E-state index contributed by atoms with van der Waals surface area (Å²) in [7, 11) is 2.85. The molecule has 6 heteroatoms. The molecule has 1 rings (SSSR count). The average molecular weight is 197 g/mol. The minimum atomic E-state index is -0.569. The highest BCUT2D eigenvalue weighted by Gasteiger charge is 2.18. The van der Waals surface area contributed by atoms with Crippen LogP contribution in [0.1, 0.15) is 22.6 Å². The molecule has 0 aliphatic rings. The first-order valence-corrected chi connectivity index (χ1v) is 4.02. The lowest BCUT2D eigenvalue weighted by molar-refractivity contribution is -0.139. The van der Waals surface area contributed by atoms with Gasteiger partial charge in [0.15, 0.2) is 11.5 Å². The molecule has 76 valence electrons. The number of aryl methyl sites for hydroxylation is 2. The highest BCUT2D eigenvalue weighted by molar-refractivity contribution is 6.05. The minimum absolute atomic E-state index is 0.220. The number of carbonyl (C=O) groups excluding carboxylic acids is 2. The van der Waals surface area contributed by atoms with Crippen LogP contribution in [0.3, 0.4) is 0 Å². The molecule has 1 heterocycles. The van der Waals surface area contributed by atoms with E-state index in [0.717, 1.165) is 0 Å². The van der Waals surface area contributed by atoms with Crippen LogP contribution in [0, 0.1) is 6.92 Å². The van der Waals surface area contributed by atoms with Gasteiger partial charge in [-0.3, -0.25) is 9.59 Å². The molecule has 0 N–H and O–H groups in total. The lowest BCUT2D eigenvalue weighted by Crippen LogP contribution is -2.11. The summed E-state index contributed by atoms with van der Waals surface area (Å²) >= 11 is 0. The van der Waals surface area contributed by atoms with Gasteiger partial charge in [-0.05, 0) is 6.92 Å². The van der Waals surface area contributed by atoms with E-state index in [4.69, 9.17) is 0 Å². The Labute approximate surface area is 80.9 Å². The van der Waals surface area contributed by atoms with E-state index < -0.39 is 5.97 Å². The van der Waals surface area contributed by atoms with Crippen LogP contribution in [0.15, 0.2) is 0 Å². The van der Waals surface area contributed by atoms with Crippen molar-refractivity contribution < 1.29 is 14.3 Å². The van der Waals surface area contributed by atoms with Crippen LogP contribution in [-0.4, -0.2) is 33.9 Å². The number of Topliss-reactive ketones (excluding diaryl/α,β-unsaturated/α-hetero) is 1. The zero-order valence-electron chi connectivity index (χ0n) is 8.27. The van der Waals surface area contributed by atoms with E-state index in [-0.39, 0.29) is 17.9 Å². The number of ketones is 1. The zero-order chi connectivity index (χ0) is 10.7. The maximum Gasteiger partial charge on any atom is 0.313 e. The van der Waals surface area contributed by atoms with Crippen LogP contribution >= 0.6 is 0 Å². The van der Waals surface area contributed by atoms with Crippen molar-refractivity contribution in [2.45, 2.75) is 13.3 Å². The second-order valence-corrected chi connectivity index (χ2v) is 2.80. The maximum absolute atomic E-state index is 11.4. The van der Waals surface area contributed by atoms with Gasteiger partial charge in [-0.25, -0.2) is 0 Å². The number of aromatic nitrogens is 3. The maximum atomic E-state index is 11.4. The van der Waals surface area contributed by atoms with Gasteiger partial charge in [0.2, 0.25) is 0 Å². The molecule has 0 unspecified atom stereocenters.